The van der Waals surface area contributed by atoms with Crippen molar-refractivity contribution < 1.29 is 9.47 Å². The lowest BCUT2D eigenvalue weighted by molar-refractivity contribution is 0.398. The molecule has 0 radical (unpaired) electrons. The lowest BCUT2D eigenvalue weighted by Gasteiger charge is -1.93. The third kappa shape index (κ3) is 4.41. The van der Waals surface area contributed by atoms with Gasteiger partial charge in [-0.25, -0.2) is 4.98 Å². The fourth-order valence-corrected chi connectivity index (χ4v) is 0.942. The molecule has 0 unspecified atom stereocenters. The van der Waals surface area contributed by atoms with Gasteiger partial charge in [-0.2, -0.15) is 0 Å². The maximum absolute atomic E-state index is 4.87. The molecule has 84 valence electrons. The van der Waals surface area contributed by atoms with Crippen molar-refractivity contribution in [1.82, 2.24) is 9.97 Å². The predicted octanol–water partition coefficient (Wildman–Crippen LogP) is 2.18. The highest BCUT2D eigenvalue weighted by Gasteiger charge is 1.82. The second-order valence-corrected chi connectivity index (χ2v) is 2.76. The molecular formula is C12H14N2O2. The molecular weight excluding hydrogens is 204 g/mol. The van der Waals surface area contributed by atoms with Gasteiger partial charge < -0.3 is 9.47 Å². The highest BCUT2D eigenvalue weighted by Crippen LogP contribution is 2.03. The molecule has 0 spiro atoms. The minimum Gasteiger partial charge on any atom is -0.497 e. The van der Waals surface area contributed by atoms with Gasteiger partial charge in [0.2, 0.25) is 5.88 Å². The molecule has 4 heteroatoms. The van der Waals surface area contributed by atoms with Crippen LogP contribution in [0.25, 0.3) is 0 Å². The van der Waals surface area contributed by atoms with E-state index in [4.69, 9.17) is 9.47 Å². The Balaban J connectivity index is 0.000000160. The molecule has 0 aliphatic heterocycles. The minimum absolute atomic E-state index is 0.660. The average molecular weight is 218 g/mol. The van der Waals surface area contributed by atoms with E-state index in [0.29, 0.717) is 5.88 Å². The van der Waals surface area contributed by atoms with Crippen LogP contribution < -0.4 is 9.47 Å². The van der Waals surface area contributed by atoms with Crippen LogP contribution in [0.5, 0.6) is 11.6 Å². The van der Waals surface area contributed by atoms with Crippen LogP contribution in [0, 0.1) is 0 Å². The first-order chi connectivity index (χ1) is 7.86. The van der Waals surface area contributed by atoms with E-state index in [0.717, 1.165) is 5.75 Å². The van der Waals surface area contributed by atoms with Gasteiger partial charge in [0.25, 0.3) is 0 Å². The number of pyridine rings is 2. The van der Waals surface area contributed by atoms with Gasteiger partial charge in [-0.1, -0.05) is 6.07 Å². The molecule has 0 amide bonds. The Morgan fingerprint density at radius 3 is 2.00 bits per heavy atom. The van der Waals surface area contributed by atoms with Gasteiger partial charge in [-0.3, -0.25) is 4.98 Å². The Bertz CT molecular complexity index is 339. The van der Waals surface area contributed by atoms with Crippen LogP contribution in [-0.4, -0.2) is 24.2 Å². The summed E-state index contributed by atoms with van der Waals surface area (Å²) in [6, 6.07) is 9.15. The first-order valence-electron chi connectivity index (χ1n) is 4.76. The summed E-state index contributed by atoms with van der Waals surface area (Å²) in [5, 5.41) is 0. The zero-order chi connectivity index (χ0) is 11.6. The van der Waals surface area contributed by atoms with Crippen molar-refractivity contribution in [2.75, 3.05) is 14.2 Å². The van der Waals surface area contributed by atoms with Crippen molar-refractivity contribution >= 4 is 0 Å². The molecule has 2 aromatic rings. The Morgan fingerprint density at radius 1 is 0.875 bits per heavy atom. The van der Waals surface area contributed by atoms with Crippen LogP contribution >= 0.6 is 0 Å². The summed E-state index contributed by atoms with van der Waals surface area (Å²) in [4.78, 5) is 7.69. The van der Waals surface area contributed by atoms with E-state index in [1.165, 1.54) is 0 Å². The predicted molar refractivity (Wildman–Crippen MR) is 61.6 cm³/mol. The number of nitrogens with zero attached hydrogens (tertiary/aromatic N) is 2. The van der Waals surface area contributed by atoms with Crippen LogP contribution in [0.4, 0.5) is 0 Å². The maximum atomic E-state index is 4.87. The number of hydrogen-bond donors (Lipinski definition) is 0. The average Bonchev–Trinajstić information content (AvgIpc) is 2.41. The smallest absolute Gasteiger partial charge is 0.212 e. The van der Waals surface area contributed by atoms with Crippen LogP contribution in [0.3, 0.4) is 0 Å². The normalized spacial score (nSPS) is 8.62. The molecule has 0 aliphatic rings. The van der Waals surface area contributed by atoms with Gasteiger partial charge in [0, 0.05) is 24.7 Å². The summed E-state index contributed by atoms with van der Waals surface area (Å²) >= 11 is 0. The van der Waals surface area contributed by atoms with Crippen LogP contribution in [0.2, 0.25) is 0 Å². The third-order valence-corrected chi connectivity index (χ3v) is 1.73. The molecule has 0 atom stereocenters. The SMILES string of the molecule is COc1ccccn1.COc1ccncc1. The summed E-state index contributed by atoms with van der Waals surface area (Å²) in [6.45, 7) is 0. The quantitative estimate of drug-likeness (QED) is 0.775. The Labute approximate surface area is 94.9 Å². The van der Waals surface area contributed by atoms with Gasteiger partial charge in [0.1, 0.15) is 5.75 Å². The third-order valence-electron chi connectivity index (χ3n) is 1.73. The van der Waals surface area contributed by atoms with Crippen LogP contribution in [-0.2, 0) is 0 Å². The largest absolute Gasteiger partial charge is 0.497 e. The first kappa shape index (κ1) is 12.0. The van der Waals surface area contributed by atoms with E-state index in [2.05, 4.69) is 9.97 Å². The van der Waals surface area contributed by atoms with Crippen LogP contribution in [0.15, 0.2) is 48.9 Å². The molecule has 0 bridgehead atoms. The molecule has 0 N–H and O–H groups in total. The summed E-state index contributed by atoms with van der Waals surface area (Å²) < 4.78 is 9.68. The van der Waals surface area contributed by atoms with Crippen molar-refractivity contribution in [3.05, 3.63) is 48.9 Å². The summed E-state index contributed by atoms with van der Waals surface area (Å²) in [5.74, 6) is 1.51. The van der Waals surface area contributed by atoms with E-state index in [1.807, 2.05) is 12.1 Å². The molecule has 0 saturated heterocycles. The summed E-state index contributed by atoms with van der Waals surface area (Å²) in [5.41, 5.74) is 0. The van der Waals surface area contributed by atoms with Gasteiger partial charge >= 0.3 is 0 Å². The monoisotopic (exact) mass is 218 g/mol. The second-order valence-electron chi connectivity index (χ2n) is 2.76. The lowest BCUT2D eigenvalue weighted by atomic mass is 10.5. The van der Waals surface area contributed by atoms with Crippen molar-refractivity contribution in [3.63, 3.8) is 0 Å². The standard InChI is InChI=1S/2C6H7NO/c1-8-6-2-4-7-5-3-6;1-8-6-4-2-3-5-7-6/h2*2-5H,1H3. The van der Waals surface area contributed by atoms with Gasteiger partial charge in [-0.15, -0.1) is 0 Å². The molecule has 2 heterocycles. The highest BCUT2D eigenvalue weighted by molar-refractivity contribution is 5.16. The second kappa shape index (κ2) is 7.23. The topological polar surface area (TPSA) is 44.2 Å². The van der Waals surface area contributed by atoms with Gasteiger partial charge in [0.15, 0.2) is 0 Å². The maximum Gasteiger partial charge on any atom is 0.212 e. The number of rotatable bonds is 2. The zero-order valence-electron chi connectivity index (χ0n) is 9.33. The molecule has 16 heavy (non-hydrogen) atoms. The lowest BCUT2D eigenvalue weighted by Crippen LogP contribution is -1.83. The molecule has 0 aromatic carbocycles. The Kier molecular flexibility index (Phi) is 5.41. The minimum atomic E-state index is 0.660. The van der Waals surface area contributed by atoms with E-state index >= 15 is 0 Å². The number of hydrogen-bond acceptors (Lipinski definition) is 4. The van der Waals surface area contributed by atoms with Crippen LogP contribution in [0.1, 0.15) is 0 Å². The highest BCUT2D eigenvalue weighted by atomic mass is 16.5. The molecule has 0 aliphatic carbocycles. The Hall–Kier alpha value is -2.10. The molecule has 4 nitrogen and oxygen atoms in total. The molecule has 2 aromatic heterocycles. The zero-order valence-corrected chi connectivity index (χ0v) is 9.33. The Morgan fingerprint density at radius 2 is 1.62 bits per heavy atom. The number of methoxy groups -OCH3 is 2. The van der Waals surface area contributed by atoms with Crippen molar-refractivity contribution in [2.45, 2.75) is 0 Å². The van der Waals surface area contributed by atoms with Crippen molar-refractivity contribution in [1.29, 1.82) is 0 Å². The van der Waals surface area contributed by atoms with Crippen molar-refractivity contribution in [2.24, 2.45) is 0 Å². The molecule has 0 fully saturated rings. The summed E-state index contributed by atoms with van der Waals surface area (Å²) in [7, 11) is 3.23. The van der Waals surface area contributed by atoms with Gasteiger partial charge in [0.05, 0.1) is 14.2 Å². The van der Waals surface area contributed by atoms with E-state index in [-0.39, 0.29) is 0 Å². The molecule has 2 rings (SSSR count). The first-order valence-corrected chi connectivity index (χ1v) is 4.76. The number of ether oxygens (including phenoxy) is 2. The van der Waals surface area contributed by atoms with Gasteiger partial charge in [-0.05, 0) is 18.2 Å². The van der Waals surface area contributed by atoms with E-state index in [9.17, 15) is 0 Å². The van der Waals surface area contributed by atoms with E-state index in [1.54, 1.807) is 51.0 Å². The number of aromatic nitrogens is 2. The fraction of sp³-hybridized carbons (Fsp3) is 0.167. The van der Waals surface area contributed by atoms with Crippen molar-refractivity contribution in [3.8, 4) is 11.6 Å². The fourth-order valence-electron chi connectivity index (χ4n) is 0.942. The molecule has 0 saturated carbocycles. The summed E-state index contributed by atoms with van der Waals surface area (Å²) in [6.07, 6.45) is 5.08. The van der Waals surface area contributed by atoms with E-state index < -0.39 is 0 Å².